The Morgan fingerprint density at radius 2 is 1.85 bits per heavy atom. The van der Waals surface area contributed by atoms with Gasteiger partial charge >= 0.3 is 6.09 Å². The molecular formula is C16H30N2O2. The predicted octanol–water partition coefficient (Wildman–Crippen LogP) is 3.15. The summed E-state index contributed by atoms with van der Waals surface area (Å²) < 4.78 is 5.50. The van der Waals surface area contributed by atoms with Crippen molar-refractivity contribution in [2.24, 2.45) is 17.6 Å². The highest BCUT2D eigenvalue weighted by Gasteiger charge is 2.35. The molecule has 1 aliphatic carbocycles. The van der Waals surface area contributed by atoms with Gasteiger partial charge in [-0.15, -0.1) is 0 Å². The highest BCUT2D eigenvalue weighted by atomic mass is 16.6. The second-order valence-corrected chi connectivity index (χ2v) is 7.44. The number of carbonyl (C=O) groups is 1. The van der Waals surface area contributed by atoms with Crippen molar-refractivity contribution < 1.29 is 9.53 Å². The maximum absolute atomic E-state index is 12.2. The summed E-state index contributed by atoms with van der Waals surface area (Å²) in [5.74, 6) is 1.15. The van der Waals surface area contributed by atoms with Gasteiger partial charge in [0.25, 0.3) is 0 Å². The summed E-state index contributed by atoms with van der Waals surface area (Å²) in [6, 6.07) is 0.326. The van der Waals surface area contributed by atoms with Crippen molar-refractivity contribution in [2.45, 2.75) is 70.9 Å². The highest BCUT2D eigenvalue weighted by molar-refractivity contribution is 5.68. The van der Waals surface area contributed by atoms with Crippen LogP contribution in [0.1, 0.15) is 59.3 Å². The Morgan fingerprint density at radius 3 is 2.50 bits per heavy atom. The molecule has 4 nitrogen and oxygen atoms in total. The average molecular weight is 282 g/mol. The Kier molecular flexibility index (Phi) is 4.95. The molecular weight excluding hydrogens is 252 g/mol. The van der Waals surface area contributed by atoms with Gasteiger partial charge in [0, 0.05) is 19.1 Å². The molecule has 20 heavy (non-hydrogen) atoms. The van der Waals surface area contributed by atoms with Crippen LogP contribution in [0.2, 0.25) is 0 Å². The minimum Gasteiger partial charge on any atom is -0.444 e. The third-order valence-corrected chi connectivity index (χ3v) is 4.59. The summed E-state index contributed by atoms with van der Waals surface area (Å²) in [6.45, 7) is 7.41. The molecule has 4 heteroatoms. The number of rotatable bonds is 1. The van der Waals surface area contributed by atoms with E-state index in [0.29, 0.717) is 17.9 Å². The first-order valence-corrected chi connectivity index (χ1v) is 8.10. The van der Waals surface area contributed by atoms with Crippen molar-refractivity contribution >= 4 is 6.09 Å². The van der Waals surface area contributed by atoms with Crippen LogP contribution in [0.3, 0.4) is 0 Å². The summed E-state index contributed by atoms with van der Waals surface area (Å²) in [4.78, 5) is 14.1. The van der Waals surface area contributed by atoms with Crippen molar-refractivity contribution in [1.29, 1.82) is 0 Å². The van der Waals surface area contributed by atoms with Crippen LogP contribution >= 0.6 is 0 Å². The van der Waals surface area contributed by atoms with Crippen LogP contribution in [0.15, 0.2) is 0 Å². The second-order valence-electron chi connectivity index (χ2n) is 7.44. The number of piperidine rings is 1. The molecule has 0 unspecified atom stereocenters. The summed E-state index contributed by atoms with van der Waals surface area (Å²) in [5.41, 5.74) is 5.89. The standard InChI is InChI=1S/C16H30N2O2/c1-16(2,3)20-15(19)18-10-6-7-12(11-18)13-8-4-5-9-14(13)17/h12-14H,4-11,17H2,1-3H3/t12-,13+,14+/m1/s1. The number of ether oxygens (including phenoxy) is 1. The van der Waals surface area contributed by atoms with Crippen LogP contribution in [0.4, 0.5) is 4.79 Å². The van der Waals surface area contributed by atoms with Crippen LogP contribution in [-0.4, -0.2) is 35.7 Å². The van der Waals surface area contributed by atoms with E-state index in [1.165, 1.54) is 25.7 Å². The minimum atomic E-state index is -0.411. The van der Waals surface area contributed by atoms with E-state index in [-0.39, 0.29) is 6.09 Å². The van der Waals surface area contributed by atoms with Crippen molar-refractivity contribution in [1.82, 2.24) is 4.90 Å². The number of hydrogen-bond donors (Lipinski definition) is 1. The summed E-state index contributed by atoms with van der Waals surface area (Å²) in [5, 5.41) is 0. The van der Waals surface area contributed by atoms with E-state index in [1.807, 2.05) is 25.7 Å². The predicted molar refractivity (Wildman–Crippen MR) is 80.5 cm³/mol. The first kappa shape index (κ1) is 15.6. The molecule has 1 heterocycles. The molecule has 0 bridgehead atoms. The molecule has 1 amide bonds. The highest BCUT2D eigenvalue weighted by Crippen LogP contribution is 2.34. The van der Waals surface area contributed by atoms with Crippen LogP contribution in [0, 0.1) is 11.8 Å². The van der Waals surface area contributed by atoms with Gasteiger partial charge in [-0.25, -0.2) is 4.79 Å². The molecule has 2 N–H and O–H groups in total. The van der Waals surface area contributed by atoms with Crippen molar-refractivity contribution in [2.75, 3.05) is 13.1 Å². The van der Waals surface area contributed by atoms with E-state index in [4.69, 9.17) is 10.5 Å². The van der Waals surface area contributed by atoms with Crippen LogP contribution < -0.4 is 5.73 Å². The zero-order valence-corrected chi connectivity index (χ0v) is 13.2. The van der Waals surface area contributed by atoms with Gasteiger partial charge < -0.3 is 15.4 Å². The molecule has 2 rings (SSSR count). The van der Waals surface area contributed by atoms with Crippen molar-refractivity contribution in [3.8, 4) is 0 Å². The van der Waals surface area contributed by atoms with Gasteiger partial charge in [-0.2, -0.15) is 0 Å². The van der Waals surface area contributed by atoms with E-state index in [0.717, 1.165) is 25.9 Å². The van der Waals surface area contributed by atoms with Gasteiger partial charge in [0.15, 0.2) is 0 Å². The fourth-order valence-corrected chi connectivity index (χ4v) is 3.63. The van der Waals surface area contributed by atoms with Crippen molar-refractivity contribution in [3.63, 3.8) is 0 Å². The van der Waals surface area contributed by atoms with Crippen LogP contribution in [0.5, 0.6) is 0 Å². The van der Waals surface area contributed by atoms with Gasteiger partial charge in [-0.1, -0.05) is 12.8 Å². The lowest BCUT2D eigenvalue weighted by Gasteiger charge is -2.41. The zero-order chi connectivity index (χ0) is 14.8. The third-order valence-electron chi connectivity index (χ3n) is 4.59. The largest absolute Gasteiger partial charge is 0.444 e. The Morgan fingerprint density at radius 1 is 1.15 bits per heavy atom. The third kappa shape index (κ3) is 4.11. The van der Waals surface area contributed by atoms with Gasteiger partial charge in [0.05, 0.1) is 0 Å². The van der Waals surface area contributed by atoms with Crippen LogP contribution in [-0.2, 0) is 4.74 Å². The minimum absolute atomic E-state index is 0.161. The molecule has 116 valence electrons. The Bertz CT molecular complexity index is 338. The SMILES string of the molecule is CC(C)(C)OC(=O)N1CCC[C@@H]([C@@H]2CCCC[C@@H]2N)C1. The first-order valence-electron chi connectivity index (χ1n) is 8.10. The molecule has 1 saturated carbocycles. The van der Waals surface area contributed by atoms with E-state index < -0.39 is 5.60 Å². The Hall–Kier alpha value is -0.770. The number of likely N-dealkylation sites (tertiary alicyclic amines) is 1. The van der Waals surface area contributed by atoms with E-state index in [2.05, 4.69) is 0 Å². The topological polar surface area (TPSA) is 55.6 Å². The maximum atomic E-state index is 12.2. The second kappa shape index (κ2) is 6.33. The molecule has 0 aromatic heterocycles. The average Bonchev–Trinajstić information content (AvgIpc) is 2.37. The normalized spacial score (nSPS) is 32.0. The van der Waals surface area contributed by atoms with Gasteiger partial charge in [0.1, 0.15) is 5.60 Å². The Balaban J connectivity index is 1.92. The lowest BCUT2D eigenvalue weighted by Crippen LogP contribution is -2.48. The van der Waals surface area contributed by atoms with Gasteiger partial charge in [-0.3, -0.25) is 0 Å². The summed E-state index contributed by atoms with van der Waals surface area (Å²) in [6.07, 6.45) is 7.06. The van der Waals surface area contributed by atoms with E-state index in [1.54, 1.807) is 0 Å². The van der Waals surface area contributed by atoms with E-state index in [9.17, 15) is 4.79 Å². The molecule has 0 aromatic rings. The lowest BCUT2D eigenvalue weighted by molar-refractivity contribution is 0.0103. The lowest BCUT2D eigenvalue weighted by atomic mass is 9.74. The number of nitrogens with zero attached hydrogens (tertiary/aromatic N) is 1. The zero-order valence-electron chi connectivity index (χ0n) is 13.2. The Labute approximate surface area is 123 Å². The quantitative estimate of drug-likeness (QED) is 0.803. The fourth-order valence-electron chi connectivity index (χ4n) is 3.63. The number of carbonyl (C=O) groups excluding carboxylic acids is 1. The monoisotopic (exact) mass is 282 g/mol. The number of hydrogen-bond acceptors (Lipinski definition) is 3. The number of nitrogens with two attached hydrogens (primary N) is 1. The molecule has 1 saturated heterocycles. The summed E-state index contributed by atoms with van der Waals surface area (Å²) in [7, 11) is 0. The maximum Gasteiger partial charge on any atom is 0.410 e. The van der Waals surface area contributed by atoms with Crippen molar-refractivity contribution in [3.05, 3.63) is 0 Å². The molecule has 2 fully saturated rings. The smallest absolute Gasteiger partial charge is 0.410 e. The number of amides is 1. The molecule has 0 spiro atoms. The fraction of sp³-hybridized carbons (Fsp3) is 0.938. The summed E-state index contributed by atoms with van der Waals surface area (Å²) >= 11 is 0. The van der Waals surface area contributed by atoms with Gasteiger partial charge in [0.2, 0.25) is 0 Å². The molecule has 2 aliphatic rings. The molecule has 0 radical (unpaired) electrons. The van der Waals surface area contributed by atoms with E-state index >= 15 is 0 Å². The van der Waals surface area contributed by atoms with Crippen LogP contribution in [0.25, 0.3) is 0 Å². The first-order chi connectivity index (χ1) is 9.37. The molecule has 0 aromatic carbocycles. The molecule has 3 atom stereocenters. The molecule has 1 aliphatic heterocycles. The van der Waals surface area contributed by atoms with Gasteiger partial charge in [-0.05, 0) is 58.3 Å².